The molecule has 2 N–H and O–H groups in total. The molecule has 1 unspecified atom stereocenters. The molecule has 2 rings (SSSR count). The first-order chi connectivity index (χ1) is 7.86. The Hall–Kier alpha value is -1.18. The Morgan fingerprint density at radius 3 is 3.06 bits per heavy atom. The highest BCUT2D eigenvalue weighted by Crippen LogP contribution is 2.26. The standard InChI is InChI=1S/C12H15N3S/c13-7-10-3-1-2-4-12(10)15-5-6-16-9-11(15)8-14/h1-4,11H,5-6,8-9,14H2. The minimum atomic E-state index is 0.355. The van der Waals surface area contributed by atoms with E-state index in [1.807, 2.05) is 36.0 Å². The third-order valence-electron chi connectivity index (χ3n) is 2.83. The van der Waals surface area contributed by atoms with Gasteiger partial charge in [-0.25, -0.2) is 0 Å². The number of rotatable bonds is 2. The maximum atomic E-state index is 9.09. The number of benzene rings is 1. The van der Waals surface area contributed by atoms with Gasteiger partial charge in [-0.2, -0.15) is 17.0 Å². The normalized spacial score (nSPS) is 20.5. The van der Waals surface area contributed by atoms with Crippen LogP contribution in [0.15, 0.2) is 24.3 Å². The van der Waals surface area contributed by atoms with Gasteiger partial charge in [0, 0.05) is 24.6 Å². The van der Waals surface area contributed by atoms with E-state index in [1.54, 1.807) is 0 Å². The predicted octanol–water partition coefficient (Wildman–Crippen LogP) is 1.44. The second kappa shape index (κ2) is 5.24. The van der Waals surface area contributed by atoms with E-state index in [9.17, 15) is 0 Å². The molecule has 84 valence electrons. The van der Waals surface area contributed by atoms with Crippen molar-refractivity contribution in [3.8, 4) is 6.07 Å². The number of para-hydroxylation sites is 1. The Morgan fingerprint density at radius 1 is 1.50 bits per heavy atom. The topological polar surface area (TPSA) is 53.0 Å². The molecule has 1 aromatic carbocycles. The number of hydrogen-bond acceptors (Lipinski definition) is 4. The van der Waals surface area contributed by atoms with Crippen LogP contribution in [0.25, 0.3) is 0 Å². The van der Waals surface area contributed by atoms with Crippen LogP contribution in [0.2, 0.25) is 0 Å². The number of nitrogens with zero attached hydrogens (tertiary/aromatic N) is 2. The molecule has 1 atom stereocenters. The van der Waals surface area contributed by atoms with Gasteiger partial charge in [-0.15, -0.1) is 0 Å². The molecule has 0 bridgehead atoms. The summed E-state index contributed by atoms with van der Waals surface area (Å²) < 4.78 is 0. The number of nitriles is 1. The van der Waals surface area contributed by atoms with Gasteiger partial charge in [-0.05, 0) is 12.1 Å². The fourth-order valence-electron chi connectivity index (χ4n) is 1.99. The van der Waals surface area contributed by atoms with Crippen LogP contribution in [0.1, 0.15) is 5.56 Å². The van der Waals surface area contributed by atoms with Crippen molar-refractivity contribution in [2.24, 2.45) is 5.73 Å². The lowest BCUT2D eigenvalue weighted by Gasteiger charge is -2.37. The summed E-state index contributed by atoms with van der Waals surface area (Å²) in [5, 5.41) is 9.09. The minimum absolute atomic E-state index is 0.355. The Labute approximate surface area is 100 Å². The SMILES string of the molecule is N#Cc1ccccc1N1CCSCC1CN. The summed E-state index contributed by atoms with van der Waals surface area (Å²) in [6.07, 6.45) is 0. The molecule has 0 saturated carbocycles. The fourth-order valence-corrected chi connectivity index (χ4v) is 3.07. The van der Waals surface area contributed by atoms with Gasteiger partial charge < -0.3 is 10.6 Å². The van der Waals surface area contributed by atoms with Gasteiger partial charge >= 0.3 is 0 Å². The van der Waals surface area contributed by atoms with Gasteiger partial charge in [0.05, 0.1) is 17.3 Å². The second-order valence-electron chi connectivity index (χ2n) is 3.79. The van der Waals surface area contributed by atoms with E-state index >= 15 is 0 Å². The van der Waals surface area contributed by atoms with Crippen LogP contribution in [0.3, 0.4) is 0 Å². The van der Waals surface area contributed by atoms with Gasteiger partial charge in [-0.1, -0.05) is 12.1 Å². The zero-order valence-corrected chi connectivity index (χ0v) is 9.91. The van der Waals surface area contributed by atoms with Crippen molar-refractivity contribution in [1.29, 1.82) is 5.26 Å². The molecule has 1 aromatic rings. The van der Waals surface area contributed by atoms with Crippen molar-refractivity contribution in [2.45, 2.75) is 6.04 Å². The van der Waals surface area contributed by atoms with Crippen molar-refractivity contribution in [2.75, 3.05) is 29.5 Å². The van der Waals surface area contributed by atoms with Gasteiger partial charge in [0.2, 0.25) is 0 Å². The summed E-state index contributed by atoms with van der Waals surface area (Å²) in [6.45, 7) is 1.62. The van der Waals surface area contributed by atoms with Gasteiger partial charge in [0.1, 0.15) is 6.07 Å². The first-order valence-corrected chi connectivity index (χ1v) is 6.56. The molecular formula is C12H15N3S. The third kappa shape index (κ3) is 2.16. The molecule has 4 heteroatoms. The van der Waals surface area contributed by atoms with Gasteiger partial charge in [-0.3, -0.25) is 0 Å². The van der Waals surface area contributed by atoms with Crippen molar-refractivity contribution in [3.05, 3.63) is 29.8 Å². The molecule has 0 aliphatic carbocycles. The fraction of sp³-hybridized carbons (Fsp3) is 0.417. The zero-order valence-electron chi connectivity index (χ0n) is 9.10. The molecule has 1 saturated heterocycles. The Morgan fingerprint density at radius 2 is 2.31 bits per heavy atom. The molecule has 1 fully saturated rings. The van der Waals surface area contributed by atoms with Crippen molar-refractivity contribution in [1.82, 2.24) is 0 Å². The van der Waals surface area contributed by atoms with Crippen LogP contribution in [-0.2, 0) is 0 Å². The number of anilines is 1. The maximum absolute atomic E-state index is 9.09. The van der Waals surface area contributed by atoms with E-state index in [0.717, 1.165) is 29.3 Å². The van der Waals surface area contributed by atoms with Crippen LogP contribution >= 0.6 is 11.8 Å². The van der Waals surface area contributed by atoms with Crippen LogP contribution < -0.4 is 10.6 Å². The number of thioether (sulfide) groups is 1. The molecular weight excluding hydrogens is 218 g/mol. The van der Waals surface area contributed by atoms with Crippen molar-refractivity contribution in [3.63, 3.8) is 0 Å². The quantitative estimate of drug-likeness (QED) is 0.840. The summed E-state index contributed by atoms with van der Waals surface area (Å²) >= 11 is 1.93. The van der Waals surface area contributed by atoms with E-state index in [2.05, 4.69) is 11.0 Å². The van der Waals surface area contributed by atoms with E-state index in [1.165, 1.54) is 0 Å². The van der Waals surface area contributed by atoms with Gasteiger partial charge in [0.15, 0.2) is 0 Å². The lowest BCUT2D eigenvalue weighted by atomic mass is 10.1. The second-order valence-corrected chi connectivity index (χ2v) is 4.94. The van der Waals surface area contributed by atoms with E-state index < -0.39 is 0 Å². The van der Waals surface area contributed by atoms with E-state index in [-0.39, 0.29) is 0 Å². The summed E-state index contributed by atoms with van der Waals surface area (Å²) in [7, 11) is 0. The van der Waals surface area contributed by atoms with E-state index in [0.29, 0.717) is 12.6 Å². The monoisotopic (exact) mass is 233 g/mol. The first-order valence-electron chi connectivity index (χ1n) is 5.40. The highest BCUT2D eigenvalue weighted by atomic mass is 32.2. The van der Waals surface area contributed by atoms with Crippen LogP contribution in [0.5, 0.6) is 0 Å². The van der Waals surface area contributed by atoms with Crippen molar-refractivity contribution < 1.29 is 0 Å². The molecule has 3 nitrogen and oxygen atoms in total. The largest absolute Gasteiger partial charge is 0.365 e. The smallest absolute Gasteiger partial charge is 0.101 e. The lowest BCUT2D eigenvalue weighted by molar-refractivity contribution is 0.654. The summed E-state index contributed by atoms with van der Waals surface area (Å²) in [6, 6.07) is 10.4. The lowest BCUT2D eigenvalue weighted by Crippen LogP contribution is -2.47. The van der Waals surface area contributed by atoms with Crippen LogP contribution in [0.4, 0.5) is 5.69 Å². The maximum Gasteiger partial charge on any atom is 0.101 e. The zero-order chi connectivity index (χ0) is 11.4. The highest BCUT2D eigenvalue weighted by Gasteiger charge is 2.23. The Kier molecular flexibility index (Phi) is 3.70. The number of hydrogen-bond donors (Lipinski definition) is 1. The highest BCUT2D eigenvalue weighted by molar-refractivity contribution is 7.99. The minimum Gasteiger partial charge on any atom is -0.365 e. The third-order valence-corrected chi connectivity index (χ3v) is 3.93. The molecule has 1 heterocycles. The summed E-state index contributed by atoms with van der Waals surface area (Å²) in [5.74, 6) is 2.16. The summed E-state index contributed by atoms with van der Waals surface area (Å²) in [5.41, 5.74) is 7.56. The van der Waals surface area contributed by atoms with E-state index in [4.69, 9.17) is 11.0 Å². The number of nitrogens with two attached hydrogens (primary N) is 1. The molecule has 1 aliphatic rings. The average Bonchev–Trinajstić information content (AvgIpc) is 2.38. The average molecular weight is 233 g/mol. The molecule has 1 aliphatic heterocycles. The molecule has 0 amide bonds. The predicted molar refractivity (Wildman–Crippen MR) is 68.7 cm³/mol. The molecule has 0 spiro atoms. The molecule has 16 heavy (non-hydrogen) atoms. The van der Waals surface area contributed by atoms with Crippen molar-refractivity contribution >= 4 is 17.4 Å². The van der Waals surface area contributed by atoms with Gasteiger partial charge in [0.25, 0.3) is 0 Å². The molecule has 0 radical (unpaired) electrons. The Bertz CT molecular complexity index is 399. The summed E-state index contributed by atoms with van der Waals surface area (Å²) in [4.78, 5) is 2.27. The van der Waals surface area contributed by atoms with Crippen LogP contribution in [0, 0.1) is 11.3 Å². The molecule has 0 aromatic heterocycles. The Balaban J connectivity index is 2.31. The van der Waals surface area contributed by atoms with Crippen LogP contribution in [-0.4, -0.2) is 30.6 Å². The first kappa shape index (κ1) is 11.3.